The van der Waals surface area contributed by atoms with Gasteiger partial charge in [0.25, 0.3) is 0 Å². The Morgan fingerprint density at radius 1 is 1.19 bits per heavy atom. The Balaban J connectivity index is 2.05. The molecular weight excluding hydrogens is 266 g/mol. The van der Waals surface area contributed by atoms with Gasteiger partial charge in [0.1, 0.15) is 17.6 Å². The van der Waals surface area contributed by atoms with Gasteiger partial charge in [-0.3, -0.25) is 0 Å². The van der Waals surface area contributed by atoms with Crippen molar-refractivity contribution in [3.8, 4) is 11.5 Å². The highest BCUT2D eigenvalue weighted by Gasteiger charge is 2.22. The second-order valence-electron chi connectivity index (χ2n) is 5.15. The van der Waals surface area contributed by atoms with E-state index in [0.717, 1.165) is 29.7 Å². The highest BCUT2D eigenvalue weighted by Crippen LogP contribution is 2.39. The van der Waals surface area contributed by atoms with Crippen molar-refractivity contribution in [2.45, 2.75) is 18.9 Å². The molecule has 1 heterocycles. The van der Waals surface area contributed by atoms with Crippen LogP contribution in [0, 0.1) is 0 Å². The summed E-state index contributed by atoms with van der Waals surface area (Å²) >= 11 is 0. The molecule has 4 nitrogen and oxygen atoms in total. The molecule has 2 aromatic rings. The molecule has 110 valence electrons. The molecule has 0 amide bonds. The first-order valence-electron chi connectivity index (χ1n) is 7.07. The predicted molar refractivity (Wildman–Crippen MR) is 81.7 cm³/mol. The van der Waals surface area contributed by atoms with Crippen molar-refractivity contribution < 1.29 is 14.6 Å². The van der Waals surface area contributed by atoms with Crippen molar-refractivity contribution in [2.24, 2.45) is 0 Å². The van der Waals surface area contributed by atoms with Crippen LogP contribution in [-0.4, -0.2) is 18.8 Å². The number of methoxy groups -OCH3 is 1. The fourth-order valence-corrected chi connectivity index (χ4v) is 2.77. The van der Waals surface area contributed by atoms with Crippen LogP contribution in [0.3, 0.4) is 0 Å². The van der Waals surface area contributed by atoms with Gasteiger partial charge in [-0.1, -0.05) is 30.3 Å². The molecule has 0 aliphatic carbocycles. The summed E-state index contributed by atoms with van der Waals surface area (Å²) in [4.78, 5) is 0. The molecule has 4 heteroatoms. The standard InChI is InChI=1S/C17H19NO3/c1-20-14-9-3-7-12(15(14)18)16(19)13-8-2-5-11-6-4-10-21-17(11)13/h2-3,5,7-9,16,19H,4,6,10,18H2,1H3. The van der Waals surface area contributed by atoms with E-state index in [-0.39, 0.29) is 0 Å². The van der Waals surface area contributed by atoms with Crippen LogP contribution in [0.2, 0.25) is 0 Å². The lowest BCUT2D eigenvalue weighted by Gasteiger charge is -2.23. The topological polar surface area (TPSA) is 64.7 Å². The molecule has 1 atom stereocenters. The number of anilines is 1. The van der Waals surface area contributed by atoms with Crippen LogP contribution >= 0.6 is 0 Å². The zero-order valence-corrected chi connectivity index (χ0v) is 12.0. The number of nitrogen functional groups attached to an aromatic ring is 1. The van der Waals surface area contributed by atoms with E-state index in [1.165, 1.54) is 0 Å². The number of rotatable bonds is 3. The first-order valence-corrected chi connectivity index (χ1v) is 7.07. The van der Waals surface area contributed by atoms with Gasteiger partial charge in [-0.2, -0.15) is 0 Å². The number of benzene rings is 2. The van der Waals surface area contributed by atoms with Crippen LogP contribution in [-0.2, 0) is 6.42 Å². The van der Waals surface area contributed by atoms with Crippen LogP contribution in [0.4, 0.5) is 5.69 Å². The maximum atomic E-state index is 10.7. The average Bonchev–Trinajstić information content (AvgIpc) is 2.54. The van der Waals surface area contributed by atoms with Gasteiger partial charge in [0.05, 0.1) is 19.4 Å². The quantitative estimate of drug-likeness (QED) is 0.851. The lowest BCUT2D eigenvalue weighted by atomic mass is 9.94. The van der Waals surface area contributed by atoms with Crippen LogP contribution in [0.1, 0.15) is 29.2 Å². The summed E-state index contributed by atoms with van der Waals surface area (Å²) in [6.07, 6.45) is 1.16. The number of aliphatic hydroxyl groups excluding tert-OH is 1. The van der Waals surface area contributed by atoms with Crippen molar-refractivity contribution in [3.05, 3.63) is 53.1 Å². The van der Waals surface area contributed by atoms with E-state index >= 15 is 0 Å². The van der Waals surface area contributed by atoms with Crippen LogP contribution in [0.5, 0.6) is 11.5 Å². The third kappa shape index (κ3) is 2.43. The summed E-state index contributed by atoms with van der Waals surface area (Å²) in [7, 11) is 1.56. The lowest BCUT2D eigenvalue weighted by Crippen LogP contribution is -2.13. The number of hydrogen-bond acceptors (Lipinski definition) is 4. The lowest BCUT2D eigenvalue weighted by molar-refractivity contribution is 0.207. The van der Waals surface area contributed by atoms with Crippen molar-refractivity contribution in [3.63, 3.8) is 0 Å². The monoisotopic (exact) mass is 285 g/mol. The summed E-state index contributed by atoms with van der Waals surface area (Å²) < 4.78 is 11.0. The smallest absolute Gasteiger partial charge is 0.142 e. The van der Waals surface area contributed by atoms with E-state index < -0.39 is 6.10 Å². The Bertz CT molecular complexity index is 654. The maximum absolute atomic E-state index is 10.7. The van der Waals surface area contributed by atoms with Crippen LogP contribution in [0.25, 0.3) is 0 Å². The van der Waals surface area contributed by atoms with Gasteiger partial charge in [-0.05, 0) is 24.5 Å². The molecule has 1 aliphatic rings. The maximum Gasteiger partial charge on any atom is 0.142 e. The molecule has 0 fully saturated rings. The molecule has 21 heavy (non-hydrogen) atoms. The molecule has 2 aromatic carbocycles. The largest absolute Gasteiger partial charge is 0.495 e. The number of aryl methyl sites for hydroxylation is 1. The van der Waals surface area contributed by atoms with Crippen molar-refractivity contribution >= 4 is 5.69 Å². The van der Waals surface area contributed by atoms with E-state index in [4.69, 9.17) is 15.2 Å². The van der Waals surface area contributed by atoms with E-state index in [1.807, 2.05) is 30.3 Å². The molecular formula is C17H19NO3. The van der Waals surface area contributed by atoms with Gasteiger partial charge in [-0.15, -0.1) is 0 Å². The van der Waals surface area contributed by atoms with Crippen molar-refractivity contribution in [2.75, 3.05) is 19.5 Å². The van der Waals surface area contributed by atoms with Crippen molar-refractivity contribution in [1.82, 2.24) is 0 Å². The second-order valence-corrected chi connectivity index (χ2v) is 5.15. The summed E-state index contributed by atoms with van der Waals surface area (Å²) in [5.41, 5.74) is 9.07. The molecule has 0 bridgehead atoms. The zero-order chi connectivity index (χ0) is 14.8. The molecule has 0 saturated heterocycles. The summed E-state index contributed by atoms with van der Waals surface area (Å²) in [6, 6.07) is 11.3. The first-order chi connectivity index (χ1) is 10.2. The Labute approximate surface area is 124 Å². The summed E-state index contributed by atoms with van der Waals surface area (Å²) in [6.45, 7) is 0.685. The van der Waals surface area contributed by atoms with E-state index in [2.05, 4.69) is 0 Å². The minimum absolute atomic E-state index is 0.459. The van der Waals surface area contributed by atoms with Crippen LogP contribution in [0.15, 0.2) is 36.4 Å². The number of fused-ring (bicyclic) bond motifs is 1. The highest BCUT2D eigenvalue weighted by molar-refractivity contribution is 5.61. The minimum Gasteiger partial charge on any atom is -0.495 e. The Hall–Kier alpha value is -2.20. The SMILES string of the molecule is COc1cccc(C(O)c2cccc3c2OCCC3)c1N. The van der Waals surface area contributed by atoms with Gasteiger partial charge in [0, 0.05) is 11.1 Å². The third-order valence-electron chi connectivity index (χ3n) is 3.87. The van der Waals surface area contributed by atoms with E-state index in [9.17, 15) is 5.11 Å². The zero-order valence-electron chi connectivity index (χ0n) is 12.0. The molecule has 3 rings (SSSR count). The second kappa shape index (κ2) is 5.66. The van der Waals surface area contributed by atoms with Gasteiger partial charge < -0.3 is 20.3 Å². The number of para-hydroxylation sites is 2. The normalized spacial score (nSPS) is 15.0. The molecule has 1 unspecified atom stereocenters. The van der Waals surface area contributed by atoms with Gasteiger partial charge in [0.15, 0.2) is 0 Å². The molecule has 3 N–H and O–H groups in total. The summed E-state index contributed by atoms with van der Waals surface area (Å²) in [5.74, 6) is 1.36. The third-order valence-corrected chi connectivity index (χ3v) is 3.87. The van der Waals surface area contributed by atoms with Gasteiger partial charge in [0.2, 0.25) is 0 Å². The number of hydrogen-bond donors (Lipinski definition) is 2. The van der Waals surface area contributed by atoms with Crippen molar-refractivity contribution in [1.29, 1.82) is 0 Å². The molecule has 0 saturated carbocycles. The number of ether oxygens (including phenoxy) is 2. The average molecular weight is 285 g/mol. The fraction of sp³-hybridized carbons (Fsp3) is 0.294. The highest BCUT2D eigenvalue weighted by atomic mass is 16.5. The fourth-order valence-electron chi connectivity index (χ4n) is 2.77. The summed E-state index contributed by atoms with van der Waals surface area (Å²) in [5, 5.41) is 10.7. The Morgan fingerprint density at radius 2 is 1.95 bits per heavy atom. The molecule has 1 aliphatic heterocycles. The van der Waals surface area contributed by atoms with Gasteiger partial charge in [-0.25, -0.2) is 0 Å². The minimum atomic E-state index is -0.826. The Morgan fingerprint density at radius 3 is 2.76 bits per heavy atom. The van der Waals surface area contributed by atoms with E-state index in [1.54, 1.807) is 13.2 Å². The number of nitrogens with two attached hydrogens (primary N) is 1. The molecule has 0 radical (unpaired) electrons. The Kier molecular flexibility index (Phi) is 3.71. The van der Waals surface area contributed by atoms with E-state index in [0.29, 0.717) is 23.6 Å². The van der Waals surface area contributed by atoms with Crippen LogP contribution < -0.4 is 15.2 Å². The number of aliphatic hydroxyl groups is 1. The predicted octanol–water partition coefficient (Wildman–Crippen LogP) is 2.68. The molecule has 0 aromatic heterocycles. The van der Waals surface area contributed by atoms with Gasteiger partial charge >= 0.3 is 0 Å². The molecule has 0 spiro atoms. The first kappa shape index (κ1) is 13.8.